The summed E-state index contributed by atoms with van der Waals surface area (Å²) in [5, 5.41) is 6.13. The number of aromatic nitrogens is 1. The number of carbonyl (C=O) groups is 1. The number of nitrogens with zero attached hydrogens (tertiary/aromatic N) is 1. The van der Waals surface area contributed by atoms with Crippen molar-refractivity contribution in [1.82, 2.24) is 10.3 Å². The van der Waals surface area contributed by atoms with Gasteiger partial charge in [-0.2, -0.15) is 0 Å². The van der Waals surface area contributed by atoms with Gasteiger partial charge in [-0.05, 0) is 25.3 Å². The van der Waals surface area contributed by atoms with Crippen molar-refractivity contribution in [3.8, 4) is 0 Å². The van der Waals surface area contributed by atoms with Crippen molar-refractivity contribution in [2.75, 3.05) is 31.6 Å². The number of nitrogens with one attached hydrogen (secondary N) is 2. The van der Waals surface area contributed by atoms with Gasteiger partial charge in [-0.15, -0.1) is 0 Å². The molecule has 21 heavy (non-hydrogen) atoms. The number of hydrogen-bond acceptors (Lipinski definition) is 4. The highest BCUT2D eigenvalue weighted by molar-refractivity contribution is 5.99. The van der Waals surface area contributed by atoms with E-state index in [1.54, 1.807) is 6.20 Å². The molecule has 1 amide bonds. The molecule has 118 valence electrons. The molecule has 1 aromatic rings. The van der Waals surface area contributed by atoms with Crippen LogP contribution in [-0.2, 0) is 4.74 Å². The standard InChI is InChI=1S/C16H27N3O2/c1-5-6-17-15-9-13(4)19-10-14(15)16(20)18-7-8-21-11-12(2)3/h9-10,12H,5-8,11H2,1-4H3,(H,17,19)(H,18,20). The third-order valence-corrected chi connectivity index (χ3v) is 2.83. The number of ether oxygens (including phenoxy) is 1. The summed E-state index contributed by atoms with van der Waals surface area (Å²) < 4.78 is 5.45. The molecule has 0 fully saturated rings. The Morgan fingerprint density at radius 2 is 2.14 bits per heavy atom. The number of amides is 1. The van der Waals surface area contributed by atoms with E-state index in [0.29, 0.717) is 31.2 Å². The smallest absolute Gasteiger partial charge is 0.255 e. The summed E-state index contributed by atoms with van der Waals surface area (Å²) in [5.41, 5.74) is 2.31. The highest BCUT2D eigenvalue weighted by Gasteiger charge is 2.11. The lowest BCUT2D eigenvalue weighted by Crippen LogP contribution is -2.28. The van der Waals surface area contributed by atoms with Crippen molar-refractivity contribution in [2.24, 2.45) is 5.92 Å². The Bertz CT molecular complexity index is 447. The minimum Gasteiger partial charge on any atom is -0.384 e. The topological polar surface area (TPSA) is 63.2 Å². The molecular formula is C16H27N3O2. The predicted molar refractivity (Wildman–Crippen MR) is 85.7 cm³/mol. The molecule has 0 radical (unpaired) electrons. The zero-order valence-electron chi connectivity index (χ0n) is 13.5. The van der Waals surface area contributed by atoms with Crippen molar-refractivity contribution in [2.45, 2.75) is 34.1 Å². The van der Waals surface area contributed by atoms with Gasteiger partial charge in [0, 0.05) is 31.6 Å². The van der Waals surface area contributed by atoms with E-state index in [2.05, 4.69) is 36.4 Å². The van der Waals surface area contributed by atoms with Crippen LogP contribution in [0.2, 0.25) is 0 Å². The Morgan fingerprint density at radius 1 is 1.38 bits per heavy atom. The zero-order valence-corrected chi connectivity index (χ0v) is 13.5. The van der Waals surface area contributed by atoms with Gasteiger partial charge in [0.1, 0.15) is 0 Å². The van der Waals surface area contributed by atoms with E-state index in [1.807, 2.05) is 13.0 Å². The lowest BCUT2D eigenvalue weighted by atomic mass is 10.2. The Balaban J connectivity index is 2.52. The minimum absolute atomic E-state index is 0.116. The molecule has 0 unspecified atom stereocenters. The van der Waals surface area contributed by atoms with Crippen LogP contribution in [0.3, 0.4) is 0 Å². The summed E-state index contributed by atoms with van der Waals surface area (Å²) in [6.07, 6.45) is 2.63. The molecule has 0 atom stereocenters. The molecule has 0 saturated heterocycles. The first kappa shape index (κ1) is 17.4. The van der Waals surface area contributed by atoms with Gasteiger partial charge in [0.15, 0.2) is 0 Å². The number of carbonyl (C=O) groups excluding carboxylic acids is 1. The quantitative estimate of drug-likeness (QED) is 0.687. The Kier molecular flexibility index (Phi) is 7.75. The van der Waals surface area contributed by atoms with Crippen LogP contribution in [0.4, 0.5) is 5.69 Å². The van der Waals surface area contributed by atoms with Gasteiger partial charge in [-0.3, -0.25) is 9.78 Å². The van der Waals surface area contributed by atoms with Crippen molar-refractivity contribution in [3.63, 3.8) is 0 Å². The summed E-state index contributed by atoms with van der Waals surface area (Å²) in [7, 11) is 0. The second-order valence-corrected chi connectivity index (χ2v) is 5.52. The average Bonchev–Trinajstić information content (AvgIpc) is 2.44. The van der Waals surface area contributed by atoms with E-state index in [-0.39, 0.29) is 5.91 Å². The molecule has 0 spiro atoms. The molecule has 1 rings (SSSR count). The molecule has 5 heteroatoms. The van der Waals surface area contributed by atoms with E-state index >= 15 is 0 Å². The van der Waals surface area contributed by atoms with Gasteiger partial charge in [-0.25, -0.2) is 0 Å². The second-order valence-electron chi connectivity index (χ2n) is 5.52. The number of hydrogen-bond donors (Lipinski definition) is 2. The number of anilines is 1. The number of pyridine rings is 1. The molecule has 0 aromatic carbocycles. The van der Waals surface area contributed by atoms with Gasteiger partial charge >= 0.3 is 0 Å². The highest BCUT2D eigenvalue weighted by Crippen LogP contribution is 2.15. The molecular weight excluding hydrogens is 266 g/mol. The van der Waals surface area contributed by atoms with Crippen LogP contribution in [0.5, 0.6) is 0 Å². The van der Waals surface area contributed by atoms with Gasteiger partial charge < -0.3 is 15.4 Å². The third-order valence-electron chi connectivity index (χ3n) is 2.83. The highest BCUT2D eigenvalue weighted by atomic mass is 16.5. The molecule has 0 bridgehead atoms. The monoisotopic (exact) mass is 293 g/mol. The van der Waals surface area contributed by atoms with E-state index in [4.69, 9.17) is 4.74 Å². The van der Waals surface area contributed by atoms with Crippen molar-refractivity contribution >= 4 is 11.6 Å². The Labute approximate surface area is 127 Å². The van der Waals surface area contributed by atoms with Crippen LogP contribution in [0, 0.1) is 12.8 Å². The SMILES string of the molecule is CCCNc1cc(C)ncc1C(=O)NCCOCC(C)C. The largest absolute Gasteiger partial charge is 0.384 e. The molecule has 5 nitrogen and oxygen atoms in total. The van der Waals surface area contributed by atoms with Crippen LogP contribution < -0.4 is 10.6 Å². The molecule has 1 aromatic heterocycles. The fraction of sp³-hybridized carbons (Fsp3) is 0.625. The van der Waals surface area contributed by atoms with Crippen LogP contribution >= 0.6 is 0 Å². The van der Waals surface area contributed by atoms with E-state index < -0.39 is 0 Å². The molecule has 2 N–H and O–H groups in total. The average molecular weight is 293 g/mol. The van der Waals surface area contributed by atoms with Crippen molar-refractivity contribution in [3.05, 3.63) is 23.5 Å². The minimum atomic E-state index is -0.116. The van der Waals surface area contributed by atoms with Gasteiger partial charge in [0.25, 0.3) is 5.91 Å². The van der Waals surface area contributed by atoms with Crippen molar-refractivity contribution < 1.29 is 9.53 Å². The zero-order chi connectivity index (χ0) is 15.7. The molecule has 1 heterocycles. The van der Waals surface area contributed by atoms with Crippen LogP contribution in [-0.4, -0.2) is 37.2 Å². The summed E-state index contributed by atoms with van der Waals surface area (Å²) in [6, 6.07) is 1.90. The maximum atomic E-state index is 12.2. The van der Waals surface area contributed by atoms with Gasteiger partial charge in [0.2, 0.25) is 0 Å². The first-order chi connectivity index (χ1) is 10.0. The first-order valence-corrected chi connectivity index (χ1v) is 7.61. The summed E-state index contributed by atoms with van der Waals surface area (Å²) >= 11 is 0. The number of rotatable bonds is 9. The van der Waals surface area contributed by atoms with Gasteiger partial charge in [0.05, 0.1) is 17.9 Å². The predicted octanol–water partition coefficient (Wildman–Crippen LogP) is 2.61. The van der Waals surface area contributed by atoms with Gasteiger partial charge in [-0.1, -0.05) is 20.8 Å². The normalized spacial score (nSPS) is 10.7. The summed E-state index contributed by atoms with van der Waals surface area (Å²) in [4.78, 5) is 16.4. The molecule has 0 aliphatic rings. The lowest BCUT2D eigenvalue weighted by molar-refractivity contribution is 0.0886. The molecule has 0 saturated carbocycles. The number of aryl methyl sites for hydroxylation is 1. The van der Waals surface area contributed by atoms with E-state index in [0.717, 1.165) is 24.3 Å². The van der Waals surface area contributed by atoms with Crippen molar-refractivity contribution in [1.29, 1.82) is 0 Å². The fourth-order valence-corrected chi connectivity index (χ4v) is 1.80. The van der Waals surface area contributed by atoms with Crippen LogP contribution in [0.25, 0.3) is 0 Å². The first-order valence-electron chi connectivity index (χ1n) is 7.61. The lowest BCUT2D eigenvalue weighted by Gasteiger charge is -2.12. The van der Waals surface area contributed by atoms with E-state index in [1.165, 1.54) is 0 Å². The maximum Gasteiger partial charge on any atom is 0.255 e. The fourth-order valence-electron chi connectivity index (χ4n) is 1.80. The molecule has 0 aliphatic heterocycles. The maximum absolute atomic E-state index is 12.2. The summed E-state index contributed by atoms with van der Waals surface area (Å²) in [5.74, 6) is 0.390. The molecule has 0 aliphatic carbocycles. The third kappa shape index (κ3) is 6.58. The Hall–Kier alpha value is -1.62. The Morgan fingerprint density at radius 3 is 2.81 bits per heavy atom. The second kappa shape index (κ2) is 9.34. The van der Waals surface area contributed by atoms with Crippen LogP contribution in [0.15, 0.2) is 12.3 Å². The van der Waals surface area contributed by atoms with E-state index in [9.17, 15) is 4.79 Å². The summed E-state index contributed by atoms with van der Waals surface area (Å²) in [6.45, 7) is 10.8. The van der Waals surface area contributed by atoms with Crippen LogP contribution in [0.1, 0.15) is 43.2 Å².